The SMILES string of the molecule is Cn1c(=O)c(CN=C(N)N2CCN(c3ncccn3)CC2)cc2ccccc21. The second-order valence-electron chi connectivity index (χ2n) is 6.79. The van der Waals surface area contributed by atoms with E-state index in [1.165, 1.54) is 0 Å². The van der Waals surface area contributed by atoms with Gasteiger partial charge in [0.25, 0.3) is 5.56 Å². The van der Waals surface area contributed by atoms with E-state index >= 15 is 0 Å². The fourth-order valence-electron chi connectivity index (χ4n) is 3.46. The highest BCUT2D eigenvalue weighted by Crippen LogP contribution is 2.13. The van der Waals surface area contributed by atoms with Crippen molar-refractivity contribution in [3.05, 3.63) is 64.7 Å². The lowest BCUT2D eigenvalue weighted by atomic mass is 10.1. The fraction of sp³-hybridized carbons (Fsp3) is 0.300. The number of aliphatic imine (C=N–C) groups is 1. The Morgan fingerprint density at radius 1 is 1.11 bits per heavy atom. The first-order valence-electron chi connectivity index (χ1n) is 9.28. The minimum absolute atomic E-state index is 0.0405. The number of piperazine rings is 1. The molecule has 0 atom stereocenters. The van der Waals surface area contributed by atoms with Crippen LogP contribution in [0.15, 0.2) is 58.6 Å². The summed E-state index contributed by atoms with van der Waals surface area (Å²) in [6.45, 7) is 3.30. The molecule has 1 aliphatic heterocycles. The van der Waals surface area contributed by atoms with E-state index in [9.17, 15) is 4.79 Å². The number of rotatable bonds is 3. The fourth-order valence-corrected chi connectivity index (χ4v) is 3.46. The molecule has 2 aromatic heterocycles. The molecule has 0 spiro atoms. The Balaban J connectivity index is 1.45. The maximum absolute atomic E-state index is 12.6. The molecule has 0 unspecified atom stereocenters. The number of para-hydroxylation sites is 1. The predicted octanol–water partition coefficient (Wildman–Crippen LogP) is 0.965. The van der Waals surface area contributed by atoms with Gasteiger partial charge in [-0.15, -0.1) is 0 Å². The van der Waals surface area contributed by atoms with E-state index in [1.54, 1.807) is 24.0 Å². The number of fused-ring (bicyclic) bond motifs is 1. The summed E-state index contributed by atoms with van der Waals surface area (Å²) >= 11 is 0. The van der Waals surface area contributed by atoms with Gasteiger partial charge in [0, 0.05) is 51.2 Å². The highest BCUT2D eigenvalue weighted by Gasteiger charge is 2.20. The lowest BCUT2D eigenvalue weighted by Crippen LogP contribution is -2.51. The molecule has 8 heteroatoms. The first-order chi connectivity index (χ1) is 13.6. The zero-order valence-corrected chi connectivity index (χ0v) is 15.8. The molecule has 8 nitrogen and oxygen atoms in total. The van der Waals surface area contributed by atoms with Gasteiger partial charge in [0.2, 0.25) is 5.95 Å². The summed E-state index contributed by atoms with van der Waals surface area (Å²) in [6, 6.07) is 11.5. The molecular weight excluding hydrogens is 354 g/mol. The molecule has 1 aliphatic rings. The predicted molar refractivity (Wildman–Crippen MR) is 110 cm³/mol. The number of nitrogens with two attached hydrogens (primary N) is 1. The number of anilines is 1. The molecule has 0 bridgehead atoms. The molecule has 3 heterocycles. The van der Waals surface area contributed by atoms with Gasteiger partial charge in [-0.1, -0.05) is 18.2 Å². The largest absolute Gasteiger partial charge is 0.370 e. The van der Waals surface area contributed by atoms with Gasteiger partial charge in [-0.2, -0.15) is 0 Å². The van der Waals surface area contributed by atoms with Crippen LogP contribution in [0.5, 0.6) is 0 Å². The van der Waals surface area contributed by atoms with Gasteiger partial charge < -0.3 is 20.1 Å². The summed E-state index contributed by atoms with van der Waals surface area (Å²) in [5.41, 5.74) is 7.71. The quantitative estimate of drug-likeness (QED) is 0.540. The van der Waals surface area contributed by atoms with Crippen LogP contribution in [0.3, 0.4) is 0 Å². The Hall–Kier alpha value is -3.42. The van der Waals surface area contributed by atoms with E-state index in [1.807, 2.05) is 41.3 Å². The number of nitrogens with zero attached hydrogens (tertiary/aromatic N) is 6. The van der Waals surface area contributed by atoms with Gasteiger partial charge in [-0.25, -0.2) is 15.0 Å². The van der Waals surface area contributed by atoms with Gasteiger partial charge in [-0.3, -0.25) is 4.79 Å². The molecule has 2 N–H and O–H groups in total. The zero-order valence-electron chi connectivity index (χ0n) is 15.8. The van der Waals surface area contributed by atoms with E-state index < -0.39 is 0 Å². The summed E-state index contributed by atoms with van der Waals surface area (Å²) in [5.74, 6) is 1.20. The van der Waals surface area contributed by atoms with Crippen molar-refractivity contribution in [2.75, 3.05) is 31.1 Å². The molecule has 4 rings (SSSR count). The smallest absolute Gasteiger partial charge is 0.255 e. The molecule has 0 amide bonds. The minimum Gasteiger partial charge on any atom is -0.370 e. The lowest BCUT2D eigenvalue weighted by molar-refractivity contribution is 0.378. The maximum atomic E-state index is 12.6. The Morgan fingerprint density at radius 3 is 2.57 bits per heavy atom. The van der Waals surface area contributed by atoms with Crippen LogP contribution in [0.25, 0.3) is 10.9 Å². The Bertz CT molecular complexity index is 1050. The van der Waals surface area contributed by atoms with Crippen molar-refractivity contribution in [2.45, 2.75) is 6.54 Å². The highest BCUT2D eigenvalue weighted by molar-refractivity contribution is 5.80. The van der Waals surface area contributed by atoms with E-state index in [0.717, 1.165) is 43.0 Å². The van der Waals surface area contributed by atoms with Crippen LogP contribution in [0, 0.1) is 0 Å². The summed E-state index contributed by atoms with van der Waals surface area (Å²) in [5, 5.41) is 1.02. The molecule has 3 aromatic rings. The number of aromatic nitrogens is 3. The highest BCUT2D eigenvalue weighted by atomic mass is 16.1. The van der Waals surface area contributed by atoms with Crippen molar-refractivity contribution >= 4 is 22.8 Å². The Kier molecular flexibility index (Phi) is 4.92. The van der Waals surface area contributed by atoms with Crippen molar-refractivity contribution < 1.29 is 0 Å². The summed E-state index contributed by atoms with van der Waals surface area (Å²) in [6.07, 6.45) is 3.49. The van der Waals surface area contributed by atoms with Gasteiger partial charge in [-0.05, 0) is 23.6 Å². The summed E-state index contributed by atoms with van der Waals surface area (Å²) in [4.78, 5) is 29.8. The number of hydrogen-bond acceptors (Lipinski definition) is 5. The van der Waals surface area contributed by atoms with Gasteiger partial charge in [0.15, 0.2) is 5.96 Å². The standard InChI is InChI=1S/C20H23N7O/c1-25-17-6-3-2-5-15(17)13-16(18(25)28)14-24-19(21)26-9-11-27(12-10-26)20-22-7-4-8-23-20/h2-8,13H,9-12,14H2,1H3,(H2,21,24). The van der Waals surface area contributed by atoms with E-state index in [2.05, 4.69) is 19.9 Å². The molecular formula is C20H23N7O. The lowest BCUT2D eigenvalue weighted by Gasteiger charge is -2.35. The van der Waals surface area contributed by atoms with Gasteiger partial charge in [0.05, 0.1) is 12.1 Å². The molecule has 1 saturated heterocycles. The van der Waals surface area contributed by atoms with Crippen molar-refractivity contribution in [3.8, 4) is 0 Å². The number of hydrogen-bond donors (Lipinski definition) is 1. The van der Waals surface area contributed by atoms with Crippen molar-refractivity contribution in [3.63, 3.8) is 0 Å². The molecule has 1 aromatic carbocycles. The van der Waals surface area contributed by atoms with Crippen LogP contribution in [0.4, 0.5) is 5.95 Å². The van der Waals surface area contributed by atoms with Crippen molar-refractivity contribution in [1.82, 2.24) is 19.4 Å². The third-order valence-corrected chi connectivity index (χ3v) is 5.06. The second-order valence-corrected chi connectivity index (χ2v) is 6.79. The number of benzene rings is 1. The average Bonchev–Trinajstić information content (AvgIpc) is 2.76. The summed E-state index contributed by atoms with van der Waals surface area (Å²) in [7, 11) is 1.78. The number of aryl methyl sites for hydroxylation is 1. The van der Waals surface area contributed by atoms with Crippen LogP contribution in [0.1, 0.15) is 5.56 Å². The number of guanidine groups is 1. The van der Waals surface area contributed by atoms with E-state index in [0.29, 0.717) is 11.5 Å². The van der Waals surface area contributed by atoms with E-state index in [4.69, 9.17) is 5.73 Å². The first-order valence-corrected chi connectivity index (χ1v) is 9.28. The van der Waals surface area contributed by atoms with Crippen LogP contribution >= 0.6 is 0 Å². The van der Waals surface area contributed by atoms with Crippen molar-refractivity contribution in [1.29, 1.82) is 0 Å². The summed E-state index contributed by atoms with van der Waals surface area (Å²) < 4.78 is 1.66. The van der Waals surface area contributed by atoms with Crippen LogP contribution in [-0.2, 0) is 13.6 Å². The van der Waals surface area contributed by atoms with Crippen LogP contribution in [-0.4, -0.2) is 51.6 Å². The van der Waals surface area contributed by atoms with Gasteiger partial charge in [0.1, 0.15) is 0 Å². The zero-order chi connectivity index (χ0) is 19.5. The monoisotopic (exact) mass is 377 g/mol. The average molecular weight is 377 g/mol. The Labute approximate surface area is 163 Å². The van der Waals surface area contributed by atoms with Crippen molar-refractivity contribution in [2.24, 2.45) is 17.8 Å². The molecule has 0 saturated carbocycles. The molecule has 28 heavy (non-hydrogen) atoms. The minimum atomic E-state index is -0.0405. The third kappa shape index (κ3) is 3.53. The third-order valence-electron chi connectivity index (χ3n) is 5.06. The normalized spacial score (nSPS) is 15.2. The van der Waals surface area contributed by atoms with E-state index in [-0.39, 0.29) is 12.1 Å². The van der Waals surface area contributed by atoms with Crippen LogP contribution < -0.4 is 16.2 Å². The molecule has 0 radical (unpaired) electrons. The van der Waals surface area contributed by atoms with Crippen LogP contribution in [0.2, 0.25) is 0 Å². The maximum Gasteiger partial charge on any atom is 0.255 e. The Morgan fingerprint density at radius 2 is 1.82 bits per heavy atom. The van der Waals surface area contributed by atoms with Gasteiger partial charge >= 0.3 is 0 Å². The number of pyridine rings is 1. The molecule has 0 aliphatic carbocycles. The first kappa shape index (κ1) is 18.0. The second kappa shape index (κ2) is 7.67. The molecule has 1 fully saturated rings. The topological polar surface area (TPSA) is 92.6 Å². The molecule has 144 valence electrons.